The molecule has 25 heavy (non-hydrogen) atoms. The molecule has 0 aliphatic heterocycles. The number of para-hydroxylation sites is 1. The lowest BCUT2D eigenvalue weighted by Gasteiger charge is -2.06. The molecule has 1 aromatic heterocycles. The van der Waals surface area contributed by atoms with Crippen LogP contribution in [0.5, 0.6) is 0 Å². The highest BCUT2D eigenvalue weighted by molar-refractivity contribution is 6.35. The summed E-state index contributed by atoms with van der Waals surface area (Å²) in [5.74, 6) is -1.31. The molecule has 1 heterocycles. The van der Waals surface area contributed by atoms with Gasteiger partial charge in [0.15, 0.2) is 5.76 Å². The van der Waals surface area contributed by atoms with E-state index in [0.717, 1.165) is 0 Å². The van der Waals surface area contributed by atoms with Crippen molar-refractivity contribution < 1.29 is 19.1 Å². The number of rotatable bonds is 4. The minimum absolute atomic E-state index is 0.0134. The quantitative estimate of drug-likeness (QED) is 0.656. The van der Waals surface area contributed by atoms with E-state index in [1.807, 2.05) is 0 Å². The zero-order valence-corrected chi connectivity index (χ0v) is 14.1. The number of furan rings is 1. The normalized spacial score (nSPS) is 10.5. The van der Waals surface area contributed by atoms with Crippen molar-refractivity contribution >= 4 is 40.8 Å². The summed E-state index contributed by atoms with van der Waals surface area (Å²) >= 11 is 12.1. The van der Waals surface area contributed by atoms with Gasteiger partial charge in [-0.2, -0.15) is 0 Å². The van der Waals surface area contributed by atoms with Gasteiger partial charge in [-0.1, -0.05) is 35.3 Å². The van der Waals surface area contributed by atoms with Crippen molar-refractivity contribution in [3.63, 3.8) is 0 Å². The fourth-order valence-electron chi connectivity index (χ4n) is 2.25. The monoisotopic (exact) mass is 375 g/mol. The Bertz CT molecular complexity index is 965. The second-order valence-electron chi connectivity index (χ2n) is 5.09. The molecule has 7 heteroatoms. The highest BCUT2D eigenvalue weighted by Crippen LogP contribution is 2.32. The Balaban J connectivity index is 1.87. The van der Waals surface area contributed by atoms with Crippen LogP contribution in [0.25, 0.3) is 11.3 Å². The van der Waals surface area contributed by atoms with Crippen LogP contribution in [-0.4, -0.2) is 17.0 Å². The fourth-order valence-corrected chi connectivity index (χ4v) is 2.64. The molecule has 2 N–H and O–H groups in total. The number of carbonyl (C=O) groups excluding carboxylic acids is 1. The average molecular weight is 376 g/mol. The van der Waals surface area contributed by atoms with E-state index < -0.39 is 11.9 Å². The average Bonchev–Trinajstić information content (AvgIpc) is 3.07. The number of carboxylic acid groups (broad SMARTS) is 1. The third-order valence-corrected chi connectivity index (χ3v) is 3.99. The van der Waals surface area contributed by atoms with Gasteiger partial charge in [-0.25, -0.2) is 4.79 Å². The number of carbonyl (C=O) groups is 2. The van der Waals surface area contributed by atoms with Gasteiger partial charge >= 0.3 is 5.97 Å². The molecule has 0 radical (unpaired) electrons. The summed E-state index contributed by atoms with van der Waals surface area (Å²) in [5.41, 5.74) is 0.721. The molecular weight excluding hydrogens is 365 g/mol. The summed E-state index contributed by atoms with van der Waals surface area (Å²) in [6.07, 6.45) is 0. The van der Waals surface area contributed by atoms with Gasteiger partial charge < -0.3 is 14.8 Å². The van der Waals surface area contributed by atoms with E-state index in [1.54, 1.807) is 36.4 Å². The first-order valence-corrected chi connectivity index (χ1v) is 7.90. The summed E-state index contributed by atoms with van der Waals surface area (Å²) in [6.45, 7) is 0. The minimum Gasteiger partial charge on any atom is -0.478 e. The summed E-state index contributed by atoms with van der Waals surface area (Å²) in [4.78, 5) is 23.5. The number of aromatic carboxylic acids is 1. The summed E-state index contributed by atoms with van der Waals surface area (Å²) in [7, 11) is 0. The van der Waals surface area contributed by atoms with Crippen molar-refractivity contribution in [1.82, 2.24) is 0 Å². The lowest BCUT2D eigenvalue weighted by molar-refractivity contribution is 0.0698. The Morgan fingerprint density at radius 1 is 1.00 bits per heavy atom. The summed E-state index contributed by atoms with van der Waals surface area (Å²) < 4.78 is 5.54. The van der Waals surface area contributed by atoms with Crippen molar-refractivity contribution in [3.8, 4) is 11.3 Å². The maximum absolute atomic E-state index is 12.3. The van der Waals surface area contributed by atoms with E-state index in [2.05, 4.69) is 5.32 Å². The minimum atomic E-state index is -1.14. The Labute approximate surface area is 152 Å². The second kappa shape index (κ2) is 7.01. The summed E-state index contributed by atoms with van der Waals surface area (Å²) in [5, 5.41) is 12.6. The molecule has 0 aliphatic rings. The zero-order chi connectivity index (χ0) is 18.0. The van der Waals surface area contributed by atoms with Gasteiger partial charge in [0.1, 0.15) is 5.76 Å². The maximum atomic E-state index is 12.3. The summed E-state index contributed by atoms with van der Waals surface area (Å²) in [6, 6.07) is 14.1. The topological polar surface area (TPSA) is 79.5 Å². The van der Waals surface area contributed by atoms with E-state index in [9.17, 15) is 9.59 Å². The lowest BCUT2D eigenvalue weighted by Crippen LogP contribution is -2.14. The van der Waals surface area contributed by atoms with Gasteiger partial charge in [0.05, 0.1) is 16.3 Å². The third kappa shape index (κ3) is 3.68. The smallest absolute Gasteiger partial charge is 0.337 e. The van der Waals surface area contributed by atoms with Crippen LogP contribution >= 0.6 is 23.2 Å². The first-order chi connectivity index (χ1) is 12.0. The molecule has 2 aromatic carbocycles. The molecule has 0 saturated carbocycles. The lowest BCUT2D eigenvalue weighted by atomic mass is 10.2. The van der Waals surface area contributed by atoms with E-state index in [1.165, 1.54) is 18.2 Å². The number of anilines is 1. The van der Waals surface area contributed by atoms with E-state index in [4.69, 9.17) is 32.7 Å². The van der Waals surface area contributed by atoms with Crippen molar-refractivity contribution in [3.05, 3.63) is 76.0 Å². The first kappa shape index (κ1) is 17.1. The predicted octanol–water partition coefficient (Wildman–Crippen LogP) is 5.20. The molecule has 0 atom stereocenters. The highest BCUT2D eigenvalue weighted by atomic mass is 35.5. The van der Waals surface area contributed by atoms with Crippen LogP contribution in [-0.2, 0) is 0 Å². The Morgan fingerprint density at radius 2 is 1.76 bits per heavy atom. The molecule has 0 unspecified atom stereocenters. The molecule has 3 rings (SSSR count). The van der Waals surface area contributed by atoms with Gasteiger partial charge in [-0.15, -0.1) is 0 Å². The largest absolute Gasteiger partial charge is 0.478 e. The molecule has 3 aromatic rings. The van der Waals surface area contributed by atoms with Crippen molar-refractivity contribution in [2.24, 2.45) is 0 Å². The molecule has 5 nitrogen and oxygen atoms in total. The standard InChI is InChI=1S/C18H11Cl2NO4/c19-10-5-6-13(20)12(9-10)15-7-8-16(25-15)17(22)21-14-4-2-1-3-11(14)18(23)24/h1-9H,(H,21,22)(H,23,24). The molecule has 0 bridgehead atoms. The number of carboxylic acids is 1. The SMILES string of the molecule is O=C(Nc1ccccc1C(=O)O)c1ccc(-c2cc(Cl)ccc2Cl)o1. The van der Waals surface area contributed by atoms with Crippen molar-refractivity contribution in [2.75, 3.05) is 5.32 Å². The van der Waals surface area contributed by atoms with Gasteiger partial charge in [0.2, 0.25) is 0 Å². The van der Waals surface area contributed by atoms with Crippen LogP contribution in [0.1, 0.15) is 20.9 Å². The van der Waals surface area contributed by atoms with Gasteiger partial charge in [0.25, 0.3) is 5.91 Å². The van der Waals surface area contributed by atoms with Crippen molar-refractivity contribution in [1.29, 1.82) is 0 Å². The molecular formula is C18H11Cl2NO4. The van der Waals surface area contributed by atoms with Crippen LogP contribution in [0.3, 0.4) is 0 Å². The van der Waals surface area contributed by atoms with E-state index in [0.29, 0.717) is 21.4 Å². The van der Waals surface area contributed by atoms with Gasteiger partial charge in [-0.05, 0) is 42.5 Å². The van der Waals surface area contributed by atoms with Crippen LogP contribution < -0.4 is 5.32 Å². The predicted molar refractivity (Wildman–Crippen MR) is 95.5 cm³/mol. The Morgan fingerprint density at radius 3 is 2.52 bits per heavy atom. The fraction of sp³-hybridized carbons (Fsp3) is 0. The van der Waals surface area contributed by atoms with Crippen LogP contribution in [0, 0.1) is 0 Å². The number of benzene rings is 2. The number of hydrogen-bond acceptors (Lipinski definition) is 3. The zero-order valence-electron chi connectivity index (χ0n) is 12.6. The molecule has 1 amide bonds. The molecule has 0 aliphatic carbocycles. The first-order valence-electron chi connectivity index (χ1n) is 7.14. The third-order valence-electron chi connectivity index (χ3n) is 3.43. The number of nitrogens with one attached hydrogen (secondary N) is 1. The van der Waals surface area contributed by atoms with E-state index >= 15 is 0 Å². The second-order valence-corrected chi connectivity index (χ2v) is 5.94. The van der Waals surface area contributed by atoms with E-state index in [-0.39, 0.29) is 17.0 Å². The number of amides is 1. The van der Waals surface area contributed by atoms with Crippen LogP contribution in [0.4, 0.5) is 5.69 Å². The van der Waals surface area contributed by atoms with Gasteiger partial charge in [0, 0.05) is 10.6 Å². The number of halogens is 2. The Kier molecular flexibility index (Phi) is 4.79. The van der Waals surface area contributed by atoms with Crippen LogP contribution in [0.2, 0.25) is 10.0 Å². The molecule has 126 valence electrons. The molecule has 0 saturated heterocycles. The Hall–Kier alpha value is -2.76. The molecule has 0 fully saturated rings. The van der Waals surface area contributed by atoms with Crippen molar-refractivity contribution in [2.45, 2.75) is 0 Å². The molecule has 0 spiro atoms. The van der Waals surface area contributed by atoms with Crippen LogP contribution in [0.15, 0.2) is 59.0 Å². The maximum Gasteiger partial charge on any atom is 0.337 e. The highest BCUT2D eigenvalue weighted by Gasteiger charge is 2.17. The van der Waals surface area contributed by atoms with Gasteiger partial charge in [-0.3, -0.25) is 4.79 Å². The number of hydrogen-bond donors (Lipinski definition) is 2.